The van der Waals surface area contributed by atoms with Crippen LogP contribution in [0.1, 0.15) is 42.4 Å². The molecule has 0 bridgehead atoms. The van der Waals surface area contributed by atoms with Gasteiger partial charge in [0.25, 0.3) is 5.91 Å². The van der Waals surface area contributed by atoms with Crippen LogP contribution in [-0.2, 0) is 9.53 Å². The van der Waals surface area contributed by atoms with E-state index in [1.807, 2.05) is 53.1 Å². The number of likely N-dealkylation sites (tertiary alicyclic amines) is 1. The Labute approximate surface area is 246 Å². The van der Waals surface area contributed by atoms with Gasteiger partial charge in [-0.25, -0.2) is 9.97 Å². The van der Waals surface area contributed by atoms with Gasteiger partial charge in [0.15, 0.2) is 0 Å². The maximum Gasteiger partial charge on any atom is 0.270 e. The summed E-state index contributed by atoms with van der Waals surface area (Å²) in [5.74, 6) is 1.34. The fourth-order valence-corrected chi connectivity index (χ4v) is 5.19. The molecule has 0 unspecified atom stereocenters. The lowest BCUT2D eigenvalue weighted by Gasteiger charge is -2.32. The molecule has 0 atom stereocenters. The second kappa shape index (κ2) is 13.5. The fraction of sp³-hybridized carbons (Fsp3) is 0.375. The van der Waals surface area contributed by atoms with Crippen molar-refractivity contribution in [2.24, 2.45) is 0 Å². The van der Waals surface area contributed by atoms with Crippen molar-refractivity contribution < 1.29 is 14.3 Å². The van der Waals surface area contributed by atoms with E-state index in [0.29, 0.717) is 37.0 Å². The van der Waals surface area contributed by atoms with Crippen LogP contribution >= 0.6 is 0 Å². The van der Waals surface area contributed by atoms with E-state index in [9.17, 15) is 9.59 Å². The summed E-state index contributed by atoms with van der Waals surface area (Å²) in [6.07, 6.45) is 9.74. The predicted octanol–water partition coefficient (Wildman–Crippen LogP) is 4.59. The van der Waals surface area contributed by atoms with Gasteiger partial charge in [-0.2, -0.15) is 0 Å². The summed E-state index contributed by atoms with van der Waals surface area (Å²) >= 11 is 0. The number of likely N-dealkylation sites (N-methyl/N-ethyl adjacent to an activating group) is 1. The number of nitrogens with zero attached hydrogens (tertiary/aromatic N) is 5. The zero-order chi connectivity index (χ0) is 29.5. The van der Waals surface area contributed by atoms with E-state index in [4.69, 9.17) is 9.72 Å². The lowest BCUT2D eigenvalue weighted by Crippen LogP contribution is -2.47. The van der Waals surface area contributed by atoms with E-state index in [-0.39, 0.29) is 11.8 Å². The van der Waals surface area contributed by atoms with E-state index in [1.54, 1.807) is 18.3 Å². The monoisotopic (exact) mass is 569 g/mol. The van der Waals surface area contributed by atoms with Crippen LogP contribution in [0.15, 0.2) is 67.1 Å². The van der Waals surface area contributed by atoms with Crippen molar-refractivity contribution in [1.29, 1.82) is 0 Å². The molecule has 4 heterocycles. The van der Waals surface area contributed by atoms with Gasteiger partial charge in [-0.1, -0.05) is 12.7 Å². The highest BCUT2D eigenvalue weighted by Crippen LogP contribution is 2.24. The summed E-state index contributed by atoms with van der Waals surface area (Å²) < 4.78 is 5.98. The molecule has 2 aliphatic rings. The Hall–Kier alpha value is -4.44. The predicted molar refractivity (Wildman–Crippen MR) is 165 cm³/mol. The van der Waals surface area contributed by atoms with Gasteiger partial charge < -0.3 is 29.7 Å². The molecule has 220 valence electrons. The molecule has 5 rings (SSSR count). The van der Waals surface area contributed by atoms with Crippen LogP contribution in [0.25, 0.3) is 16.5 Å². The summed E-state index contributed by atoms with van der Waals surface area (Å²) in [7, 11) is 2.07. The van der Waals surface area contributed by atoms with Crippen molar-refractivity contribution in [3.63, 3.8) is 0 Å². The fourth-order valence-electron chi connectivity index (χ4n) is 5.19. The smallest absolute Gasteiger partial charge is 0.270 e. The van der Waals surface area contributed by atoms with Gasteiger partial charge in [0.2, 0.25) is 11.9 Å². The third-order valence-corrected chi connectivity index (χ3v) is 7.65. The Morgan fingerprint density at radius 3 is 2.76 bits per heavy atom. The van der Waals surface area contributed by atoms with Crippen LogP contribution in [0.2, 0.25) is 0 Å². The van der Waals surface area contributed by atoms with E-state index >= 15 is 0 Å². The highest BCUT2D eigenvalue weighted by Gasteiger charge is 2.22. The third-order valence-electron chi connectivity index (χ3n) is 7.65. The number of nitrogens with one attached hydrogen (secondary N) is 2. The number of carbonyl (C=O) groups excluding carboxylic acids is 2. The van der Waals surface area contributed by atoms with Crippen molar-refractivity contribution in [2.45, 2.75) is 26.2 Å². The second-order valence-corrected chi connectivity index (χ2v) is 10.8. The van der Waals surface area contributed by atoms with Crippen LogP contribution in [0, 0.1) is 0 Å². The number of piperazine rings is 1. The molecular weight excluding hydrogens is 530 g/mol. The number of aromatic amines is 1. The maximum atomic E-state index is 13.0. The van der Waals surface area contributed by atoms with Gasteiger partial charge in [-0.3, -0.25) is 9.59 Å². The number of hydrogen-bond acceptors (Lipinski definition) is 7. The van der Waals surface area contributed by atoms with Gasteiger partial charge in [0.05, 0.1) is 12.2 Å². The van der Waals surface area contributed by atoms with Crippen LogP contribution in [0.4, 0.5) is 11.6 Å². The number of benzene rings is 1. The van der Waals surface area contributed by atoms with E-state index in [1.165, 1.54) is 0 Å². The first-order valence-electron chi connectivity index (χ1n) is 14.5. The number of piperidine rings is 1. The number of H-pyrrole nitrogens is 1. The minimum atomic E-state index is 0.0287. The Bertz CT molecular complexity index is 1500. The summed E-state index contributed by atoms with van der Waals surface area (Å²) in [5.41, 5.74) is 3.97. The minimum Gasteiger partial charge on any atom is -0.492 e. The molecule has 2 N–H and O–H groups in total. The quantitative estimate of drug-likeness (QED) is 0.272. The largest absolute Gasteiger partial charge is 0.492 e. The highest BCUT2D eigenvalue weighted by atomic mass is 16.5. The molecule has 3 aromatic rings. The molecule has 10 nitrogen and oxygen atoms in total. The number of aromatic nitrogens is 3. The van der Waals surface area contributed by atoms with E-state index in [2.05, 4.69) is 33.8 Å². The van der Waals surface area contributed by atoms with Crippen LogP contribution < -0.4 is 5.32 Å². The SMILES string of the molecule is C=C/C=C(\C=C(/C)c1ccnc(Nc2ccc3[nH]c(C(=O)N4CCN(C)CC4)cc3c2)n1)OCCN1CCCCC1=O. The zero-order valence-corrected chi connectivity index (χ0v) is 24.4. The normalized spacial score (nSPS) is 17.0. The first kappa shape index (κ1) is 29.1. The van der Waals surface area contributed by atoms with Gasteiger partial charge in [-0.15, -0.1) is 0 Å². The maximum absolute atomic E-state index is 13.0. The number of anilines is 2. The zero-order valence-electron chi connectivity index (χ0n) is 24.4. The Morgan fingerprint density at radius 2 is 1.98 bits per heavy atom. The van der Waals surface area contributed by atoms with E-state index in [0.717, 1.165) is 73.4 Å². The summed E-state index contributed by atoms with van der Waals surface area (Å²) in [6.45, 7) is 10.8. The van der Waals surface area contributed by atoms with Gasteiger partial charge >= 0.3 is 0 Å². The molecule has 2 saturated heterocycles. The van der Waals surface area contributed by atoms with Crippen molar-refractivity contribution in [2.75, 3.05) is 58.2 Å². The Balaban J connectivity index is 1.23. The average molecular weight is 570 g/mol. The number of hydrogen-bond donors (Lipinski definition) is 2. The van der Waals surface area contributed by atoms with Gasteiger partial charge in [-0.05, 0) is 74.9 Å². The van der Waals surface area contributed by atoms with Crippen LogP contribution in [0.5, 0.6) is 0 Å². The number of fused-ring (bicyclic) bond motifs is 1. The summed E-state index contributed by atoms with van der Waals surface area (Å²) in [4.78, 5) is 43.5. The van der Waals surface area contributed by atoms with Crippen LogP contribution in [-0.4, -0.2) is 94.4 Å². The molecule has 0 aliphatic carbocycles. The summed E-state index contributed by atoms with van der Waals surface area (Å²) in [5, 5.41) is 4.22. The Kier molecular flexibility index (Phi) is 9.33. The molecule has 2 aliphatic heterocycles. The molecule has 2 amide bonds. The molecule has 10 heteroatoms. The topological polar surface area (TPSA) is 107 Å². The van der Waals surface area contributed by atoms with Gasteiger partial charge in [0.1, 0.15) is 18.1 Å². The van der Waals surface area contributed by atoms with Crippen molar-refractivity contribution in [3.05, 3.63) is 78.5 Å². The van der Waals surface area contributed by atoms with Crippen molar-refractivity contribution >= 4 is 39.9 Å². The highest BCUT2D eigenvalue weighted by molar-refractivity contribution is 5.98. The molecule has 0 radical (unpaired) electrons. The number of carbonyl (C=O) groups is 2. The molecule has 2 aromatic heterocycles. The minimum absolute atomic E-state index is 0.0287. The summed E-state index contributed by atoms with van der Waals surface area (Å²) in [6, 6.07) is 9.62. The van der Waals surface area contributed by atoms with Crippen LogP contribution in [0.3, 0.4) is 0 Å². The van der Waals surface area contributed by atoms with Crippen molar-refractivity contribution in [1.82, 2.24) is 29.7 Å². The molecule has 42 heavy (non-hydrogen) atoms. The number of ether oxygens (including phenoxy) is 1. The molecule has 0 saturated carbocycles. The standard InChI is InChI=1S/C32H39N7O3/c1-4-7-26(42-19-18-38-13-6-5-8-30(38)40)20-23(2)27-11-12-33-32(36-27)34-25-9-10-28-24(21-25)22-29(35-28)31(41)39-16-14-37(3)15-17-39/h4,7,9-12,20-22,35H,1,5-6,8,13-19H2,2-3H3,(H,33,34,36)/b23-20+,26-7+. The Morgan fingerprint density at radius 1 is 1.14 bits per heavy atom. The first-order chi connectivity index (χ1) is 20.4. The van der Waals surface area contributed by atoms with E-state index < -0.39 is 0 Å². The van der Waals surface area contributed by atoms with Crippen molar-refractivity contribution in [3.8, 4) is 0 Å². The lowest BCUT2D eigenvalue weighted by atomic mass is 10.1. The number of allylic oxidation sites excluding steroid dienone is 4. The first-order valence-corrected chi connectivity index (χ1v) is 14.5. The van der Waals surface area contributed by atoms with Gasteiger partial charge in [0, 0.05) is 61.9 Å². The lowest BCUT2D eigenvalue weighted by molar-refractivity contribution is -0.133. The average Bonchev–Trinajstić information content (AvgIpc) is 3.42. The second-order valence-electron chi connectivity index (χ2n) is 10.8. The number of rotatable bonds is 10. The molecule has 0 spiro atoms. The molecular formula is C32H39N7O3. The number of amides is 2. The third kappa shape index (κ3) is 7.25. The molecule has 2 fully saturated rings. The molecule has 1 aromatic carbocycles.